The van der Waals surface area contributed by atoms with Gasteiger partial charge in [-0.2, -0.15) is 5.01 Å². The number of benzene rings is 1. The van der Waals surface area contributed by atoms with Crippen LogP contribution in [0.5, 0.6) is 0 Å². The summed E-state index contributed by atoms with van der Waals surface area (Å²) < 4.78 is 0. The normalized spacial score (nSPS) is 27.5. The van der Waals surface area contributed by atoms with E-state index >= 15 is 0 Å². The molecular weight excluding hydrogens is 338 g/mol. The van der Waals surface area contributed by atoms with E-state index in [2.05, 4.69) is 15.5 Å². The van der Waals surface area contributed by atoms with Crippen molar-refractivity contribution in [2.24, 2.45) is 0 Å². The standard InChI is InChI=1S/C17H17N5O4/c23-14-3-4-20(17(26)19-14)22-15(24)12-2-1-9(6-13(12)16(22)25)21-10-5-11(21)8-18-7-10/h1-2,6,10-11,18H,3-5,7-8H2,(H,19,23,26). The second kappa shape index (κ2) is 5.28. The number of rotatable bonds is 2. The molecule has 9 nitrogen and oxygen atoms in total. The molecule has 4 heterocycles. The molecule has 1 aromatic carbocycles. The molecule has 0 saturated carbocycles. The van der Waals surface area contributed by atoms with E-state index in [4.69, 9.17) is 0 Å². The number of amides is 5. The van der Waals surface area contributed by atoms with Gasteiger partial charge in [-0.1, -0.05) is 0 Å². The molecule has 9 heteroatoms. The van der Waals surface area contributed by atoms with Crippen molar-refractivity contribution in [2.75, 3.05) is 24.5 Å². The van der Waals surface area contributed by atoms with Gasteiger partial charge >= 0.3 is 6.03 Å². The van der Waals surface area contributed by atoms with Crippen molar-refractivity contribution in [3.8, 4) is 0 Å². The van der Waals surface area contributed by atoms with Gasteiger partial charge in [-0.25, -0.2) is 9.80 Å². The van der Waals surface area contributed by atoms with E-state index in [0.29, 0.717) is 17.6 Å². The van der Waals surface area contributed by atoms with Crippen molar-refractivity contribution in [1.82, 2.24) is 20.7 Å². The third kappa shape index (κ3) is 2.00. The van der Waals surface area contributed by atoms with Crippen molar-refractivity contribution in [3.63, 3.8) is 0 Å². The van der Waals surface area contributed by atoms with Crippen molar-refractivity contribution in [1.29, 1.82) is 0 Å². The lowest BCUT2D eigenvalue weighted by Crippen LogP contribution is -2.68. The van der Waals surface area contributed by atoms with Crippen LogP contribution in [0.1, 0.15) is 33.6 Å². The van der Waals surface area contributed by atoms with E-state index in [1.807, 2.05) is 6.07 Å². The van der Waals surface area contributed by atoms with Gasteiger partial charge in [0.2, 0.25) is 5.91 Å². The molecule has 0 aromatic heterocycles. The zero-order valence-electron chi connectivity index (χ0n) is 13.9. The number of fused-ring (bicyclic) bond motifs is 3. The highest BCUT2D eigenvalue weighted by Gasteiger charge is 2.45. The lowest BCUT2D eigenvalue weighted by atomic mass is 9.87. The molecule has 2 bridgehead atoms. The van der Waals surface area contributed by atoms with Crippen LogP contribution in [0, 0.1) is 0 Å². The molecule has 2 atom stereocenters. The number of imide groups is 2. The number of hydrogen-bond donors (Lipinski definition) is 2. The van der Waals surface area contributed by atoms with Crippen LogP contribution in [-0.4, -0.2) is 65.5 Å². The minimum Gasteiger partial charge on any atom is -0.363 e. The summed E-state index contributed by atoms with van der Waals surface area (Å²) in [6, 6.07) is 5.33. The van der Waals surface area contributed by atoms with E-state index in [9.17, 15) is 19.2 Å². The van der Waals surface area contributed by atoms with Crippen LogP contribution in [0.15, 0.2) is 18.2 Å². The van der Waals surface area contributed by atoms with Gasteiger partial charge in [0.1, 0.15) is 0 Å². The third-order valence-electron chi connectivity index (χ3n) is 5.51. The molecule has 26 heavy (non-hydrogen) atoms. The largest absolute Gasteiger partial charge is 0.363 e. The highest BCUT2D eigenvalue weighted by Crippen LogP contribution is 2.37. The number of hydrazine groups is 1. The topological polar surface area (TPSA) is 102 Å². The molecule has 3 fully saturated rings. The molecule has 4 aliphatic heterocycles. The first-order valence-corrected chi connectivity index (χ1v) is 8.68. The van der Waals surface area contributed by atoms with E-state index in [1.165, 1.54) is 0 Å². The fourth-order valence-electron chi connectivity index (χ4n) is 4.24. The van der Waals surface area contributed by atoms with E-state index in [1.54, 1.807) is 12.1 Å². The second-order valence-electron chi connectivity index (χ2n) is 6.99. The number of nitrogens with one attached hydrogen (secondary N) is 2. The summed E-state index contributed by atoms with van der Waals surface area (Å²) in [5.74, 6) is -1.48. The van der Waals surface area contributed by atoms with Crippen molar-refractivity contribution >= 4 is 29.4 Å². The third-order valence-corrected chi connectivity index (χ3v) is 5.51. The minimum absolute atomic E-state index is 0.00490. The zero-order valence-corrected chi connectivity index (χ0v) is 13.9. The molecule has 2 unspecified atom stereocenters. The Bertz CT molecular complexity index is 855. The van der Waals surface area contributed by atoms with Crippen LogP contribution >= 0.6 is 0 Å². The van der Waals surface area contributed by atoms with Gasteiger partial charge in [0, 0.05) is 37.3 Å². The molecule has 1 aromatic rings. The summed E-state index contributed by atoms with van der Waals surface area (Å²) in [6.45, 7) is 1.83. The SMILES string of the molecule is O=C1CCN(N2C(=O)c3ccc(N4C5CNCC4C5)cc3C2=O)C(=O)N1. The summed E-state index contributed by atoms with van der Waals surface area (Å²) in [6.07, 6.45) is 1.18. The average molecular weight is 355 g/mol. The number of hydrogen-bond acceptors (Lipinski definition) is 6. The smallest absolute Gasteiger partial charge is 0.343 e. The van der Waals surface area contributed by atoms with Gasteiger partial charge in [0.05, 0.1) is 17.7 Å². The molecule has 5 rings (SSSR count). The highest BCUT2D eigenvalue weighted by atomic mass is 16.2. The monoisotopic (exact) mass is 355 g/mol. The lowest BCUT2D eigenvalue weighted by Gasteiger charge is -2.54. The molecule has 0 spiro atoms. The number of piperazine rings is 1. The van der Waals surface area contributed by atoms with E-state index in [-0.39, 0.29) is 18.5 Å². The van der Waals surface area contributed by atoms with Crippen LogP contribution in [0.4, 0.5) is 10.5 Å². The Morgan fingerprint density at radius 1 is 0.962 bits per heavy atom. The Kier molecular flexibility index (Phi) is 3.11. The zero-order chi connectivity index (χ0) is 18.0. The van der Waals surface area contributed by atoms with Crippen LogP contribution < -0.4 is 15.5 Å². The molecule has 0 aliphatic carbocycles. The summed E-state index contributed by atoms with van der Waals surface area (Å²) in [4.78, 5) is 51.1. The van der Waals surface area contributed by atoms with Gasteiger partial charge in [-0.15, -0.1) is 0 Å². The fraction of sp³-hybridized carbons (Fsp3) is 0.412. The first-order valence-electron chi connectivity index (χ1n) is 8.68. The predicted octanol–water partition coefficient (Wildman–Crippen LogP) is -0.310. The Hall–Kier alpha value is -2.94. The second-order valence-corrected chi connectivity index (χ2v) is 6.99. The molecule has 0 radical (unpaired) electrons. The number of carbonyl (C=O) groups is 4. The van der Waals surface area contributed by atoms with Crippen LogP contribution in [-0.2, 0) is 4.79 Å². The maximum Gasteiger partial charge on any atom is 0.343 e. The van der Waals surface area contributed by atoms with Gasteiger partial charge in [0.15, 0.2) is 0 Å². The highest BCUT2D eigenvalue weighted by molar-refractivity contribution is 6.22. The molecule has 2 N–H and O–H groups in total. The van der Waals surface area contributed by atoms with Crippen LogP contribution in [0.25, 0.3) is 0 Å². The van der Waals surface area contributed by atoms with Gasteiger partial charge in [-0.05, 0) is 24.6 Å². The summed E-state index contributed by atoms with van der Waals surface area (Å²) in [5, 5.41) is 7.35. The van der Waals surface area contributed by atoms with Crippen LogP contribution in [0.3, 0.4) is 0 Å². The number of carbonyl (C=O) groups excluding carboxylic acids is 4. The van der Waals surface area contributed by atoms with Gasteiger partial charge in [0.25, 0.3) is 11.8 Å². The van der Waals surface area contributed by atoms with Gasteiger partial charge in [-0.3, -0.25) is 19.7 Å². The number of piperidine rings is 1. The Balaban J connectivity index is 1.45. The minimum atomic E-state index is -0.751. The Labute approximate surface area is 148 Å². The lowest BCUT2D eigenvalue weighted by molar-refractivity contribution is -0.122. The average Bonchev–Trinajstić information content (AvgIpc) is 2.87. The summed E-state index contributed by atoms with van der Waals surface area (Å²) >= 11 is 0. The Morgan fingerprint density at radius 3 is 2.38 bits per heavy atom. The number of urea groups is 1. The first-order chi connectivity index (χ1) is 12.5. The molecular formula is C17H17N5O4. The molecule has 3 saturated heterocycles. The number of nitrogens with zero attached hydrogens (tertiary/aromatic N) is 3. The number of anilines is 1. The summed E-state index contributed by atoms with van der Waals surface area (Å²) in [5.41, 5.74) is 1.51. The van der Waals surface area contributed by atoms with Gasteiger partial charge < -0.3 is 10.2 Å². The maximum atomic E-state index is 12.8. The molecule has 134 valence electrons. The predicted molar refractivity (Wildman–Crippen MR) is 89.3 cm³/mol. The molecule has 5 amide bonds. The van der Waals surface area contributed by atoms with E-state index < -0.39 is 23.8 Å². The molecule has 4 aliphatic rings. The van der Waals surface area contributed by atoms with Crippen LogP contribution in [0.2, 0.25) is 0 Å². The Morgan fingerprint density at radius 2 is 1.69 bits per heavy atom. The summed E-state index contributed by atoms with van der Waals surface area (Å²) in [7, 11) is 0. The maximum absolute atomic E-state index is 12.8. The quantitative estimate of drug-likeness (QED) is 0.706. The van der Waals surface area contributed by atoms with Crippen molar-refractivity contribution in [2.45, 2.75) is 24.9 Å². The van der Waals surface area contributed by atoms with E-state index in [0.717, 1.165) is 35.2 Å². The van der Waals surface area contributed by atoms with Crippen molar-refractivity contribution < 1.29 is 19.2 Å². The van der Waals surface area contributed by atoms with Crippen molar-refractivity contribution in [3.05, 3.63) is 29.3 Å². The first kappa shape index (κ1) is 15.3. The fourth-order valence-corrected chi connectivity index (χ4v) is 4.24.